The number of nitrogens with one attached hydrogen (secondary N) is 1. The molecule has 2 rings (SSSR count). The van der Waals surface area contributed by atoms with Gasteiger partial charge in [0.2, 0.25) is 5.28 Å². The molecule has 18 heavy (non-hydrogen) atoms. The molecule has 94 valence electrons. The number of hydrogen-bond acceptors (Lipinski definition) is 3. The molecule has 1 aromatic carbocycles. The molecule has 0 bridgehead atoms. The summed E-state index contributed by atoms with van der Waals surface area (Å²) in [5.74, 6) is -3.32. The van der Waals surface area contributed by atoms with Crippen molar-refractivity contribution in [3.05, 3.63) is 45.5 Å². The molecular weight excluding hydrogens is 334 g/mol. The van der Waals surface area contributed by atoms with Gasteiger partial charge in [-0.15, -0.1) is 0 Å². The van der Waals surface area contributed by atoms with Crippen molar-refractivity contribution in [1.29, 1.82) is 0 Å². The van der Waals surface area contributed by atoms with E-state index in [1.165, 1.54) is 6.20 Å². The number of aromatic nitrogens is 2. The standard InChI is InChI=1S/C10H4BrClF3N3/c11-5-3-16-10(12)18-9(5)17-7-2-4(13)1-6(14)8(7)15/h1-3H,(H,16,17,18). The summed E-state index contributed by atoms with van der Waals surface area (Å²) in [4.78, 5) is 7.42. The summed E-state index contributed by atoms with van der Waals surface area (Å²) in [6, 6.07) is 1.25. The highest BCUT2D eigenvalue weighted by atomic mass is 79.9. The van der Waals surface area contributed by atoms with E-state index in [1.807, 2.05) is 0 Å². The zero-order chi connectivity index (χ0) is 13.3. The Balaban J connectivity index is 2.43. The Hall–Kier alpha value is -1.34. The van der Waals surface area contributed by atoms with Gasteiger partial charge in [-0.25, -0.2) is 18.2 Å². The molecule has 0 aliphatic heterocycles. The van der Waals surface area contributed by atoms with Gasteiger partial charge in [0.15, 0.2) is 11.6 Å². The van der Waals surface area contributed by atoms with Crippen LogP contribution >= 0.6 is 27.5 Å². The molecule has 2 aromatic rings. The first kappa shape index (κ1) is 13.1. The third-order valence-corrected chi connectivity index (χ3v) is 2.72. The first-order valence-corrected chi connectivity index (χ1v) is 5.74. The van der Waals surface area contributed by atoms with E-state index in [1.54, 1.807) is 0 Å². The predicted octanol–water partition coefficient (Wildman–Crippen LogP) is 4.05. The predicted molar refractivity (Wildman–Crippen MR) is 64.3 cm³/mol. The van der Waals surface area contributed by atoms with Crippen molar-refractivity contribution in [3.8, 4) is 0 Å². The zero-order valence-electron chi connectivity index (χ0n) is 8.52. The van der Waals surface area contributed by atoms with Crippen LogP contribution in [-0.4, -0.2) is 9.97 Å². The summed E-state index contributed by atoms with van der Waals surface area (Å²) in [5, 5.41) is 2.34. The Bertz CT molecular complexity index is 609. The normalized spacial score (nSPS) is 10.5. The zero-order valence-corrected chi connectivity index (χ0v) is 10.9. The highest BCUT2D eigenvalue weighted by Crippen LogP contribution is 2.27. The molecule has 0 atom stereocenters. The SMILES string of the molecule is Fc1cc(F)c(F)c(Nc2nc(Cl)ncc2Br)c1. The molecule has 0 aliphatic rings. The molecule has 0 fully saturated rings. The number of benzene rings is 1. The smallest absolute Gasteiger partial charge is 0.224 e. The molecule has 0 saturated carbocycles. The van der Waals surface area contributed by atoms with Crippen molar-refractivity contribution >= 4 is 39.0 Å². The second-order valence-corrected chi connectivity index (χ2v) is 4.40. The van der Waals surface area contributed by atoms with Crippen LogP contribution in [0.4, 0.5) is 24.7 Å². The first-order chi connectivity index (χ1) is 8.47. The fourth-order valence-electron chi connectivity index (χ4n) is 1.21. The van der Waals surface area contributed by atoms with Gasteiger partial charge in [0, 0.05) is 18.3 Å². The van der Waals surface area contributed by atoms with E-state index in [-0.39, 0.29) is 16.8 Å². The Morgan fingerprint density at radius 2 is 1.94 bits per heavy atom. The molecular formula is C10H4BrClF3N3. The van der Waals surface area contributed by atoms with Crippen molar-refractivity contribution in [1.82, 2.24) is 9.97 Å². The molecule has 0 unspecified atom stereocenters. The minimum absolute atomic E-state index is 0.0852. The van der Waals surface area contributed by atoms with E-state index >= 15 is 0 Å². The van der Waals surface area contributed by atoms with Gasteiger partial charge in [0.25, 0.3) is 0 Å². The van der Waals surface area contributed by atoms with E-state index in [0.717, 1.165) is 6.07 Å². The van der Waals surface area contributed by atoms with Crippen molar-refractivity contribution in [3.63, 3.8) is 0 Å². The van der Waals surface area contributed by atoms with Gasteiger partial charge in [0.1, 0.15) is 11.6 Å². The Labute approximate surface area is 113 Å². The minimum atomic E-state index is -1.30. The fourth-order valence-corrected chi connectivity index (χ4v) is 1.63. The summed E-state index contributed by atoms with van der Waals surface area (Å²) < 4.78 is 39.7. The molecule has 0 saturated heterocycles. The number of anilines is 2. The number of rotatable bonds is 2. The average molecular weight is 339 g/mol. The summed E-state index contributed by atoms with van der Waals surface area (Å²) in [6.07, 6.45) is 1.32. The van der Waals surface area contributed by atoms with Crippen molar-refractivity contribution < 1.29 is 13.2 Å². The van der Waals surface area contributed by atoms with Gasteiger partial charge in [-0.05, 0) is 27.5 Å². The maximum atomic E-state index is 13.4. The van der Waals surface area contributed by atoms with Crippen LogP contribution in [0.5, 0.6) is 0 Å². The summed E-state index contributed by atoms with van der Waals surface area (Å²) >= 11 is 8.65. The van der Waals surface area contributed by atoms with Gasteiger partial charge in [-0.2, -0.15) is 4.98 Å². The van der Waals surface area contributed by atoms with Crippen molar-refractivity contribution in [2.45, 2.75) is 0 Å². The van der Waals surface area contributed by atoms with Crippen molar-refractivity contribution in [2.24, 2.45) is 0 Å². The monoisotopic (exact) mass is 337 g/mol. The number of nitrogens with zero attached hydrogens (tertiary/aromatic N) is 2. The molecule has 0 amide bonds. The molecule has 8 heteroatoms. The second kappa shape index (κ2) is 5.11. The van der Waals surface area contributed by atoms with Gasteiger partial charge in [-0.1, -0.05) is 0 Å². The Morgan fingerprint density at radius 1 is 1.22 bits per heavy atom. The lowest BCUT2D eigenvalue weighted by atomic mass is 10.3. The molecule has 0 aliphatic carbocycles. The Morgan fingerprint density at radius 3 is 2.67 bits per heavy atom. The van der Waals surface area contributed by atoms with E-state index in [4.69, 9.17) is 11.6 Å². The fraction of sp³-hybridized carbons (Fsp3) is 0. The van der Waals surface area contributed by atoms with E-state index in [2.05, 4.69) is 31.2 Å². The Kier molecular flexibility index (Phi) is 3.72. The molecule has 1 N–H and O–H groups in total. The maximum absolute atomic E-state index is 13.4. The van der Waals surface area contributed by atoms with Crippen LogP contribution in [0.25, 0.3) is 0 Å². The van der Waals surface area contributed by atoms with Gasteiger partial charge in [0.05, 0.1) is 10.2 Å². The second-order valence-electron chi connectivity index (χ2n) is 3.21. The third kappa shape index (κ3) is 2.73. The topological polar surface area (TPSA) is 37.8 Å². The van der Waals surface area contributed by atoms with Crippen molar-refractivity contribution in [2.75, 3.05) is 5.32 Å². The lowest BCUT2D eigenvalue weighted by Gasteiger charge is -2.09. The number of hydrogen-bond donors (Lipinski definition) is 1. The lowest BCUT2D eigenvalue weighted by Crippen LogP contribution is -2.01. The van der Waals surface area contributed by atoms with Crippen LogP contribution in [-0.2, 0) is 0 Å². The van der Waals surface area contributed by atoms with Crippen LogP contribution < -0.4 is 5.32 Å². The van der Waals surface area contributed by atoms with Gasteiger partial charge >= 0.3 is 0 Å². The van der Waals surface area contributed by atoms with E-state index in [9.17, 15) is 13.2 Å². The largest absolute Gasteiger partial charge is 0.337 e. The van der Waals surface area contributed by atoms with Gasteiger partial charge < -0.3 is 5.32 Å². The number of halogens is 5. The van der Waals surface area contributed by atoms with Gasteiger partial charge in [-0.3, -0.25) is 0 Å². The van der Waals surface area contributed by atoms with Crippen LogP contribution in [0.3, 0.4) is 0 Å². The molecule has 1 aromatic heterocycles. The molecule has 0 spiro atoms. The lowest BCUT2D eigenvalue weighted by molar-refractivity contribution is 0.498. The minimum Gasteiger partial charge on any atom is -0.337 e. The highest BCUT2D eigenvalue weighted by molar-refractivity contribution is 9.10. The van der Waals surface area contributed by atoms with E-state index < -0.39 is 17.5 Å². The molecule has 0 radical (unpaired) electrons. The summed E-state index contributed by atoms with van der Waals surface area (Å²) in [7, 11) is 0. The van der Waals surface area contributed by atoms with Crippen LogP contribution in [0.15, 0.2) is 22.8 Å². The first-order valence-electron chi connectivity index (χ1n) is 4.57. The molecule has 3 nitrogen and oxygen atoms in total. The van der Waals surface area contributed by atoms with Crippen LogP contribution in [0.1, 0.15) is 0 Å². The van der Waals surface area contributed by atoms with Crippen LogP contribution in [0.2, 0.25) is 5.28 Å². The summed E-state index contributed by atoms with van der Waals surface area (Å²) in [6.45, 7) is 0. The third-order valence-electron chi connectivity index (χ3n) is 1.96. The quantitative estimate of drug-likeness (QED) is 0.663. The van der Waals surface area contributed by atoms with Crippen LogP contribution in [0, 0.1) is 17.5 Å². The molecule has 1 heterocycles. The highest BCUT2D eigenvalue weighted by Gasteiger charge is 2.13. The maximum Gasteiger partial charge on any atom is 0.224 e. The summed E-state index contributed by atoms with van der Waals surface area (Å²) in [5.41, 5.74) is -0.386. The average Bonchev–Trinajstić information content (AvgIpc) is 2.30. The van der Waals surface area contributed by atoms with E-state index in [0.29, 0.717) is 10.5 Å².